The molecule has 0 bridgehead atoms. The van der Waals surface area contributed by atoms with E-state index in [-0.39, 0.29) is 36.6 Å². The highest BCUT2D eigenvalue weighted by atomic mass is 127. The van der Waals surface area contributed by atoms with Crippen LogP contribution in [0.25, 0.3) is 0 Å². The summed E-state index contributed by atoms with van der Waals surface area (Å²) in [6.45, 7) is 6.58. The van der Waals surface area contributed by atoms with E-state index < -0.39 is 0 Å². The summed E-state index contributed by atoms with van der Waals surface area (Å²) in [5, 5.41) is 6.59. The number of benzene rings is 2. The molecule has 0 fully saturated rings. The van der Waals surface area contributed by atoms with Gasteiger partial charge in [-0.05, 0) is 49.1 Å². The van der Waals surface area contributed by atoms with Gasteiger partial charge >= 0.3 is 0 Å². The van der Waals surface area contributed by atoms with Gasteiger partial charge in [-0.25, -0.2) is 4.39 Å². The molecule has 0 radical (unpaired) electrons. The van der Waals surface area contributed by atoms with Crippen LogP contribution in [0.2, 0.25) is 0 Å². The third-order valence-electron chi connectivity index (χ3n) is 4.79. The Balaban J connectivity index is 0.00000341. The standard InChI is InChI=1S/C23H30FN3O3.HI/c1-4-9-29-21-10-16(2)5-6-18(21)13-27-23(25-3)26-8-7-17-11-20(24)12-19-14-28-15-30-22(17)19;/h5-6,10-12H,4,7-9,13-15H2,1-3H3,(H2,25,26,27);1H. The number of aliphatic imine (C=N–C) groups is 1. The third-order valence-corrected chi connectivity index (χ3v) is 4.79. The van der Waals surface area contributed by atoms with Crippen LogP contribution in [-0.4, -0.2) is 33.0 Å². The van der Waals surface area contributed by atoms with Gasteiger partial charge in [-0.2, -0.15) is 0 Å². The van der Waals surface area contributed by atoms with E-state index in [9.17, 15) is 4.39 Å². The molecule has 0 saturated carbocycles. The fourth-order valence-electron chi connectivity index (χ4n) is 3.31. The van der Waals surface area contributed by atoms with Gasteiger partial charge in [0.1, 0.15) is 17.3 Å². The number of halogens is 2. The van der Waals surface area contributed by atoms with Crippen molar-refractivity contribution in [3.05, 3.63) is 58.4 Å². The Morgan fingerprint density at radius 2 is 2.03 bits per heavy atom. The van der Waals surface area contributed by atoms with E-state index in [0.29, 0.717) is 38.7 Å². The zero-order valence-corrected chi connectivity index (χ0v) is 20.6. The Hall–Kier alpha value is -2.07. The summed E-state index contributed by atoms with van der Waals surface area (Å²) in [4.78, 5) is 4.28. The first kappa shape index (κ1) is 25.2. The number of nitrogens with one attached hydrogen (secondary N) is 2. The van der Waals surface area contributed by atoms with Crippen molar-refractivity contribution < 1.29 is 18.6 Å². The molecule has 8 heteroatoms. The minimum atomic E-state index is -0.278. The summed E-state index contributed by atoms with van der Waals surface area (Å²) in [7, 11) is 1.73. The van der Waals surface area contributed by atoms with E-state index in [1.54, 1.807) is 7.05 Å². The lowest BCUT2D eigenvalue weighted by Gasteiger charge is -2.21. The van der Waals surface area contributed by atoms with Crippen LogP contribution >= 0.6 is 24.0 Å². The molecule has 1 heterocycles. The van der Waals surface area contributed by atoms with Crippen molar-refractivity contribution in [2.75, 3.05) is 27.0 Å². The van der Waals surface area contributed by atoms with Crippen molar-refractivity contribution in [2.24, 2.45) is 4.99 Å². The number of rotatable bonds is 8. The lowest BCUT2D eigenvalue weighted by Crippen LogP contribution is -2.38. The summed E-state index contributed by atoms with van der Waals surface area (Å²) >= 11 is 0. The van der Waals surface area contributed by atoms with Gasteiger partial charge in [0.05, 0.1) is 13.2 Å². The van der Waals surface area contributed by atoms with Gasteiger partial charge in [-0.15, -0.1) is 24.0 Å². The Bertz CT molecular complexity index is 893. The molecule has 1 aliphatic rings. The molecule has 2 aromatic rings. The van der Waals surface area contributed by atoms with Crippen molar-refractivity contribution in [3.63, 3.8) is 0 Å². The molecule has 0 atom stereocenters. The van der Waals surface area contributed by atoms with Crippen LogP contribution in [0.15, 0.2) is 35.3 Å². The van der Waals surface area contributed by atoms with E-state index in [2.05, 4.69) is 47.7 Å². The van der Waals surface area contributed by atoms with Crippen molar-refractivity contribution in [2.45, 2.75) is 39.8 Å². The number of hydrogen-bond acceptors (Lipinski definition) is 4. The molecule has 2 aromatic carbocycles. The van der Waals surface area contributed by atoms with Crippen LogP contribution in [0.3, 0.4) is 0 Å². The average Bonchev–Trinajstić information content (AvgIpc) is 2.75. The fraction of sp³-hybridized carbons (Fsp3) is 0.435. The number of fused-ring (bicyclic) bond motifs is 1. The van der Waals surface area contributed by atoms with Crippen LogP contribution in [0.5, 0.6) is 11.5 Å². The van der Waals surface area contributed by atoms with E-state index in [0.717, 1.165) is 34.6 Å². The zero-order chi connectivity index (χ0) is 21.3. The molecule has 0 unspecified atom stereocenters. The maximum atomic E-state index is 13.9. The van der Waals surface area contributed by atoms with Crippen LogP contribution in [0, 0.1) is 12.7 Å². The number of nitrogens with zero attached hydrogens (tertiary/aromatic N) is 1. The highest BCUT2D eigenvalue weighted by Gasteiger charge is 2.16. The maximum Gasteiger partial charge on any atom is 0.191 e. The SMILES string of the molecule is CCCOc1cc(C)ccc1CNC(=NC)NCCc1cc(F)cc2c1OCOC2.I. The van der Waals surface area contributed by atoms with Gasteiger partial charge in [0, 0.05) is 31.3 Å². The monoisotopic (exact) mass is 543 g/mol. The first-order chi connectivity index (χ1) is 14.6. The van der Waals surface area contributed by atoms with Crippen LogP contribution in [0.1, 0.15) is 35.6 Å². The van der Waals surface area contributed by atoms with Gasteiger partial charge in [0.25, 0.3) is 0 Å². The van der Waals surface area contributed by atoms with E-state index in [1.807, 2.05) is 0 Å². The molecule has 0 amide bonds. The number of ether oxygens (including phenoxy) is 3. The molecular formula is C23H31FIN3O3. The second-order valence-corrected chi connectivity index (χ2v) is 7.23. The smallest absolute Gasteiger partial charge is 0.191 e. The van der Waals surface area contributed by atoms with E-state index in [1.165, 1.54) is 17.7 Å². The Morgan fingerprint density at radius 3 is 2.81 bits per heavy atom. The molecule has 6 nitrogen and oxygen atoms in total. The highest BCUT2D eigenvalue weighted by molar-refractivity contribution is 14.0. The topological polar surface area (TPSA) is 64.1 Å². The van der Waals surface area contributed by atoms with E-state index in [4.69, 9.17) is 14.2 Å². The maximum absolute atomic E-state index is 13.9. The second-order valence-electron chi connectivity index (χ2n) is 7.23. The number of aryl methyl sites for hydroxylation is 1. The Kier molecular flexibility index (Phi) is 10.3. The quantitative estimate of drug-likeness (QED) is 0.295. The Morgan fingerprint density at radius 1 is 1.19 bits per heavy atom. The molecule has 170 valence electrons. The van der Waals surface area contributed by atoms with Gasteiger partial charge in [0.2, 0.25) is 0 Å². The third kappa shape index (κ3) is 7.24. The van der Waals surface area contributed by atoms with Gasteiger partial charge in [-0.1, -0.05) is 19.1 Å². The molecule has 3 rings (SSSR count). The van der Waals surface area contributed by atoms with E-state index >= 15 is 0 Å². The second kappa shape index (κ2) is 12.7. The van der Waals surface area contributed by atoms with Crippen molar-refractivity contribution in [1.29, 1.82) is 0 Å². The Labute approximate surface area is 200 Å². The van der Waals surface area contributed by atoms with Crippen LogP contribution in [-0.2, 0) is 24.3 Å². The first-order valence-corrected chi connectivity index (χ1v) is 10.3. The predicted molar refractivity (Wildman–Crippen MR) is 131 cm³/mol. The fourth-order valence-corrected chi connectivity index (χ4v) is 3.31. The van der Waals surface area contributed by atoms with Crippen molar-refractivity contribution in [3.8, 4) is 11.5 Å². The highest BCUT2D eigenvalue weighted by Crippen LogP contribution is 2.29. The van der Waals surface area contributed by atoms with Crippen molar-refractivity contribution >= 4 is 29.9 Å². The lowest BCUT2D eigenvalue weighted by atomic mass is 10.1. The molecule has 31 heavy (non-hydrogen) atoms. The van der Waals surface area contributed by atoms with Crippen LogP contribution in [0.4, 0.5) is 4.39 Å². The zero-order valence-electron chi connectivity index (χ0n) is 18.3. The molecular weight excluding hydrogens is 512 g/mol. The molecule has 0 aromatic heterocycles. The minimum Gasteiger partial charge on any atom is -0.493 e. The average molecular weight is 543 g/mol. The normalized spacial score (nSPS) is 13.0. The molecule has 0 aliphatic carbocycles. The first-order valence-electron chi connectivity index (χ1n) is 10.3. The minimum absolute atomic E-state index is 0. The van der Waals surface area contributed by atoms with Gasteiger partial charge in [-0.3, -0.25) is 4.99 Å². The lowest BCUT2D eigenvalue weighted by molar-refractivity contribution is -0.0172. The summed E-state index contributed by atoms with van der Waals surface area (Å²) in [5.74, 6) is 2.02. The number of guanidine groups is 1. The largest absolute Gasteiger partial charge is 0.493 e. The molecule has 0 spiro atoms. The van der Waals surface area contributed by atoms with Crippen molar-refractivity contribution in [1.82, 2.24) is 10.6 Å². The molecule has 0 saturated heterocycles. The molecule has 1 aliphatic heterocycles. The summed E-state index contributed by atoms with van der Waals surface area (Å²) in [6.07, 6.45) is 1.57. The molecule has 2 N–H and O–H groups in total. The van der Waals surface area contributed by atoms with Crippen LogP contribution < -0.4 is 20.1 Å². The summed E-state index contributed by atoms with van der Waals surface area (Å²) < 4.78 is 30.6. The predicted octanol–water partition coefficient (Wildman–Crippen LogP) is 4.32. The summed E-state index contributed by atoms with van der Waals surface area (Å²) in [6, 6.07) is 9.18. The van der Waals surface area contributed by atoms with Gasteiger partial charge in [0.15, 0.2) is 12.8 Å². The number of hydrogen-bond donors (Lipinski definition) is 2. The summed E-state index contributed by atoms with van der Waals surface area (Å²) in [5.41, 5.74) is 3.81. The van der Waals surface area contributed by atoms with Gasteiger partial charge < -0.3 is 24.8 Å².